The third-order valence-electron chi connectivity index (χ3n) is 2.35. The summed E-state index contributed by atoms with van der Waals surface area (Å²) in [7, 11) is 1.52. The van der Waals surface area contributed by atoms with Gasteiger partial charge in [0.05, 0.1) is 7.11 Å². The number of halogens is 1. The molecule has 0 spiro atoms. The Morgan fingerprint density at radius 2 is 2.07 bits per heavy atom. The van der Waals surface area contributed by atoms with E-state index in [1.807, 2.05) is 13.8 Å². The maximum Gasteiger partial charge on any atom is 0.126 e. The van der Waals surface area contributed by atoms with Crippen molar-refractivity contribution in [3.63, 3.8) is 0 Å². The number of hydrogen-bond acceptors (Lipinski definition) is 2. The molecule has 0 saturated carbocycles. The van der Waals surface area contributed by atoms with E-state index in [4.69, 9.17) is 9.84 Å². The molecule has 1 rings (SSSR count). The molecule has 1 aromatic rings. The van der Waals surface area contributed by atoms with Crippen LogP contribution in [-0.4, -0.2) is 18.8 Å². The Morgan fingerprint density at radius 3 is 2.60 bits per heavy atom. The summed E-state index contributed by atoms with van der Waals surface area (Å²) < 4.78 is 18.0. The fourth-order valence-electron chi connectivity index (χ4n) is 1.44. The fraction of sp³-hybridized carbons (Fsp3) is 0.500. The minimum absolute atomic E-state index is 0.0908. The van der Waals surface area contributed by atoms with Gasteiger partial charge in [0.25, 0.3) is 0 Å². The molecule has 0 unspecified atom stereocenters. The van der Waals surface area contributed by atoms with Crippen molar-refractivity contribution in [1.29, 1.82) is 0 Å². The topological polar surface area (TPSA) is 29.5 Å². The van der Waals surface area contributed by atoms with Crippen LogP contribution in [0.1, 0.15) is 19.4 Å². The predicted molar refractivity (Wildman–Crippen MR) is 57.5 cm³/mol. The Bertz CT molecular complexity index is 334. The van der Waals surface area contributed by atoms with E-state index >= 15 is 0 Å². The van der Waals surface area contributed by atoms with Crippen molar-refractivity contribution in [2.24, 2.45) is 5.41 Å². The van der Waals surface area contributed by atoms with Gasteiger partial charge >= 0.3 is 0 Å². The normalized spacial score (nSPS) is 11.5. The minimum Gasteiger partial charge on any atom is -0.496 e. The van der Waals surface area contributed by atoms with Crippen LogP contribution in [-0.2, 0) is 6.42 Å². The number of hydrogen-bond donors (Lipinski definition) is 1. The van der Waals surface area contributed by atoms with Gasteiger partial charge in [-0.3, -0.25) is 0 Å². The summed E-state index contributed by atoms with van der Waals surface area (Å²) in [5.41, 5.74) is 0.698. The second-order valence-electron chi connectivity index (χ2n) is 4.46. The summed E-state index contributed by atoms with van der Waals surface area (Å²) in [6, 6.07) is 4.47. The lowest BCUT2D eigenvalue weighted by molar-refractivity contribution is 0.159. The molecular formula is C12H17FO2. The maximum absolute atomic E-state index is 12.9. The number of aliphatic hydroxyl groups excluding tert-OH is 1. The van der Waals surface area contributed by atoms with Gasteiger partial charge in [0.1, 0.15) is 11.6 Å². The summed E-state index contributed by atoms with van der Waals surface area (Å²) in [4.78, 5) is 0. The Kier molecular flexibility index (Phi) is 3.69. The molecule has 0 amide bonds. The van der Waals surface area contributed by atoms with E-state index in [0.717, 1.165) is 5.56 Å². The average Bonchev–Trinajstić information content (AvgIpc) is 2.20. The molecule has 0 radical (unpaired) electrons. The number of aliphatic hydroxyl groups is 1. The Labute approximate surface area is 89.7 Å². The van der Waals surface area contributed by atoms with Gasteiger partial charge in [0.2, 0.25) is 0 Å². The number of ether oxygens (including phenoxy) is 1. The highest BCUT2D eigenvalue weighted by Crippen LogP contribution is 2.27. The van der Waals surface area contributed by atoms with Gasteiger partial charge in [-0.1, -0.05) is 19.9 Å². The van der Waals surface area contributed by atoms with Gasteiger partial charge in [-0.25, -0.2) is 4.39 Å². The van der Waals surface area contributed by atoms with Crippen LogP contribution in [0.25, 0.3) is 0 Å². The van der Waals surface area contributed by atoms with Crippen molar-refractivity contribution < 1.29 is 14.2 Å². The molecule has 15 heavy (non-hydrogen) atoms. The van der Waals surface area contributed by atoms with Crippen LogP contribution < -0.4 is 4.74 Å². The molecule has 0 atom stereocenters. The third-order valence-corrected chi connectivity index (χ3v) is 2.35. The van der Waals surface area contributed by atoms with Crippen molar-refractivity contribution >= 4 is 0 Å². The first-order chi connectivity index (χ1) is 6.98. The van der Waals surface area contributed by atoms with Crippen LogP contribution in [0.15, 0.2) is 18.2 Å². The van der Waals surface area contributed by atoms with Crippen LogP contribution in [0.5, 0.6) is 5.75 Å². The summed E-state index contributed by atoms with van der Waals surface area (Å²) in [6.07, 6.45) is 0.660. The van der Waals surface area contributed by atoms with Crippen molar-refractivity contribution in [3.05, 3.63) is 29.6 Å². The summed E-state index contributed by atoms with van der Waals surface area (Å²) >= 11 is 0. The first-order valence-electron chi connectivity index (χ1n) is 4.92. The van der Waals surface area contributed by atoms with Crippen LogP contribution >= 0.6 is 0 Å². The lowest BCUT2D eigenvalue weighted by atomic mass is 9.86. The third kappa shape index (κ3) is 3.20. The summed E-state index contributed by atoms with van der Waals surface area (Å²) in [5, 5.41) is 9.16. The lowest BCUT2D eigenvalue weighted by Gasteiger charge is -2.22. The number of benzene rings is 1. The van der Waals surface area contributed by atoms with E-state index in [2.05, 4.69) is 0 Å². The van der Waals surface area contributed by atoms with E-state index in [1.165, 1.54) is 19.2 Å². The van der Waals surface area contributed by atoms with Crippen molar-refractivity contribution in [2.75, 3.05) is 13.7 Å². The molecule has 0 fully saturated rings. The SMILES string of the molecule is COc1cc(F)ccc1CC(C)(C)CO. The number of rotatable bonds is 4. The first kappa shape index (κ1) is 12.0. The van der Waals surface area contributed by atoms with Gasteiger partial charge in [0, 0.05) is 12.7 Å². The smallest absolute Gasteiger partial charge is 0.126 e. The molecule has 0 aliphatic carbocycles. The maximum atomic E-state index is 12.9. The molecule has 0 bridgehead atoms. The molecule has 0 aliphatic heterocycles. The molecular weight excluding hydrogens is 195 g/mol. The molecule has 0 heterocycles. The largest absolute Gasteiger partial charge is 0.496 e. The molecule has 0 aromatic heterocycles. The van der Waals surface area contributed by atoms with Gasteiger partial charge < -0.3 is 9.84 Å². The Balaban J connectivity index is 2.94. The van der Waals surface area contributed by atoms with Crippen LogP contribution in [0.4, 0.5) is 4.39 Å². The van der Waals surface area contributed by atoms with E-state index in [9.17, 15) is 4.39 Å². The van der Waals surface area contributed by atoms with Crippen LogP contribution in [0, 0.1) is 11.2 Å². The molecule has 2 nitrogen and oxygen atoms in total. The molecule has 0 aliphatic rings. The molecule has 84 valence electrons. The minimum atomic E-state index is -0.308. The lowest BCUT2D eigenvalue weighted by Crippen LogP contribution is -2.20. The monoisotopic (exact) mass is 212 g/mol. The quantitative estimate of drug-likeness (QED) is 0.830. The van der Waals surface area contributed by atoms with Gasteiger partial charge in [0.15, 0.2) is 0 Å². The van der Waals surface area contributed by atoms with E-state index in [1.54, 1.807) is 6.07 Å². The van der Waals surface area contributed by atoms with Gasteiger partial charge in [-0.15, -0.1) is 0 Å². The fourth-order valence-corrected chi connectivity index (χ4v) is 1.44. The Hall–Kier alpha value is -1.09. The first-order valence-corrected chi connectivity index (χ1v) is 4.92. The summed E-state index contributed by atoms with van der Waals surface area (Å²) in [5.74, 6) is 0.230. The second-order valence-corrected chi connectivity index (χ2v) is 4.46. The molecule has 1 N–H and O–H groups in total. The average molecular weight is 212 g/mol. The van der Waals surface area contributed by atoms with Crippen LogP contribution in [0.2, 0.25) is 0 Å². The van der Waals surface area contributed by atoms with Crippen molar-refractivity contribution in [1.82, 2.24) is 0 Å². The Morgan fingerprint density at radius 1 is 1.40 bits per heavy atom. The van der Waals surface area contributed by atoms with Crippen molar-refractivity contribution in [2.45, 2.75) is 20.3 Å². The van der Waals surface area contributed by atoms with Crippen molar-refractivity contribution in [3.8, 4) is 5.75 Å². The van der Waals surface area contributed by atoms with E-state index < -0.39 is 0 Å². The molecule has 1 aromatic carbocycles. The zero-order valence-corrected chi connectivity index (χ0v) is 9.38. The van der Waals surface area contributed by atoms with Crippen LogP contribution in [0.3, 0.4) is 0 Å². The zero-order valence-electron chi connectivity index (χ0n) is 9.38. The highest BCUT2D eigenvalue weighted by molar-refractivity contribution is 5.34. The highest BCUT2D eigenvalue weighted by atomic mass is 19.1. The predicted octanol–water partition coefficient (Wildman–Crippen LogP) is 2.40. The highest BCUT2D eigenvalue weighted by Gasteiger charge is 2.19. The number of methoxy groups -OCH3 is 1. The molecule has 3 heteroatoms. The zero-order chi connectivity index (χ0) is 11.5. The van der Waals surface area contributed by atoms with Gasteiger partial charge in [-0.2, -0.15) is 0 Å². The second kappa shape index (κ2) is 4.62. The summed E-state index contributed by atoms with van der Waals surface area (Å²) in [6.45, 7) is 4.00. The molecule has 0 saturated heterocycles. The van der Waals surface area contributed by atoms with E-state index in [0.29, 0.717) is 12.2 Å². The van der Waals surface area contributed by atoms with E-state index in [-0.39, 0.29) is 17.8 Å². The van der Waals surface area contributed by atoms with Gasteiger partial charge in [-0.05, 0) is 23.5 Å². The standard InChI is InChI=1S/C12H17FO2/c1-12(2,8-14)7-9-4-5-10(13)6-11(9)15-3/h4-6,14H,7-8H2,1-3H3.